The van der Waals surface area contributed by atoms with Crippen LogP contribution in [0.5, 0.6) is 0 Å². The van der Waals surface area contributed by atoms with Gasteiger partial charge in [0.05, 0.1) is 16.0 Å². The van der Waals surface area contributed by atoms with Gasteiger partial charge in [0.1, 0.15) is 5.69 Å². The normalized spacial score (nSPS) is 11.6. The molecular formula is C29H29N5O4S. The molecule has 0 saturated carbocycles. The molecule has 0 heterocycles. The van der Waals surface area contributed by atoms with E-state index < -0.39 is 14.9 Å². The van der Waals surface area contributed by atoms with E-state index in [0.717, 1.165) is 28.7 Å². The summed E-state index contributed by atoms with van der Waals surface area (Å²) in [5.74, 6) is 0. The minimum absolute atomic E-state index is 0.0886. The van der Waals surface area contributed by atoms with Gasteiger partial charge in [-0.15, -0.1) is 0 Å². The molecule has 0 fully saturated rings. The molecule has 0 bridgehead atoms. The number of nitrogens with one attached hydrogen (secondary N) is 1. The molecule has 0 atom stereocenters. The predicted octanol–water partition coefficient (Wildman–Crippen LogP) is 6.54. The van der Waals surface area contributed by atoms with Crippen LogP contribution in [0.15, 0.2) is 113 Å². The zero-order valence-corrected chi connectivity index (χ0v) is 22.5. The van der Waals surface area contributed by atoms with Crippen LogP contribution in [0.25, 0.3) is 0 Å². The van der Waals surface area contributed by atoms with Crippen LogP contribution in [0.4, 0.5) is 28.4 Å². The van der Waals surface area contributed by atoms with Crippen molar-refractivity contribution in [1.29, 1.82) is 0 Å². The number of hydrogen-bond donors (Lipinski definition) is 1. The second-order valence-corrected chi connectivity index (χ2v) is 10.4. The highest BCUT2D eigenvalue weighted by Gasteiger charge is 2.25. The zero-order chi connectivity index (χ0) is 27.8. The predicted molar refractivity (Wildman–Crippen MR) is 156 cm³/mol. The van der Waals surface area contributed by atoms with Crippen molar-refractivity contribution in [2.24, 2.45) is 5.10 Å². The summed E-state index contributed by atoms with van der Waals surface area (Å²) in [5, 5.41) is 15.8. The molecule has 1 N–H and O–H groups in total. The lowest BCUT2D eigenvalue weighted by molar-refractivity contribution is -0.384. The summed E-state index contributed by atoms with van der Waals surface area (Å²) in [5.41, 5.74) is 6.16. The Hall–Kier alpha value is -4.54. The number of hydrazone groups is 1. The molecule has 0 saturated heterocycles. The van der Waals surface area contributed by atoms with Gasteiger partial charge in [0.2, 0.25) is 10.0 Å². The molecule has 0 amide bonds. The first-order chi connectivity index (χ1) is 18.8. The fourth-order valence-corrected chi connectivity index (χ4v) is 5.60. The Morgan fingerprint density at radius 2 is 1.36 bits per heavy atom. The van der Waals surface area contributed by atoms with Crippen molar-refractivity contribution in [3.05, 3.63) is 119 Å². The number of nitro groups is 1. The Morgan fingerprint density at radius 1 is 0.821 bits per heavy atom. The van der Waals surface area contributed by atoms with Gasteiger partial charge in [0.15, 0.2) is 0 Å². The number of para-hydroxylation sites is 2. The van der Waals surface area contributed by atoms with Crippen molar-refractivity contribution in [2.75, 3.05) is 23.4 Å². The van der Waals surface area contributed by atoms with Crippen molar-refractivity contribution in [3.63, 3.8) is 0 Å². The summed E-state index contributed by atoms with van der Waals surface area (Å²) >= 11 is 0. The van der Waals surface area contributed by atoms with E-state index in [4.69, 9.17) is 0 Å². The van der Waals surface area contributed by atoms with Crippen LogP contribution < -0.4 is 10.3 Å². The molecule has 10 heteroatoms. The second-order valence-electron chi connectivity index (χ2n) is 8.49. The summed E-state index contributed by atoms with van der Waals surface area (Å²) in [6.45, 7) is 3.97. The molecule has 0 aromatic heterocycles. The van der Waals surface area contributed by atoms with E-state index >= 15 is 0 Å². The fraction of sp³-hybridized carbons (Fsp3) is 0.138. The summed E-state index contributed by atoms with van der Waals surface area (Å²) < 4.78 is 26.8. The molecule has 4 aromatic carbocycles. The standard InChI is InChI=1S/C29H29N5O4S/c1-3-32(4-2)39(37,38)27-19-20-28(29(21-27)34(35)36)31-30-22-23-15-17-26(18-16-23)33(24-11-7-5-8-12-24)25-13-9-6-10-14-25/h5-22,31H,3-4H2,1-2H3/b30-22+. The highest BCUT2D eigenvalue weighted by Crippen LogP contribution is 2.34. The maximum Gasteiger partial charge on any atom is 0.295 e. The molecule has 200 valence electrons. The average Bonchev–Trinajstić information content (AvgIpc) is 2.95. The first-order valence-electron chi connectivity index (χ1n) is 12.4. The topological polar surface area (TPSA) is 108 Å². The highest BCUT2D eigenvalue weighted by molar-refractivity contribution is 7.89. The van der Waals surface area contributed by atoms with E-state index in [0.29, 0.717) is 0 Å². The van der Waals surface area contributed by atoms with Crippen molar-refractivity contribution >= 4 is 44.7 Å². The van der Waals surface area contributed by atoms with Gasteiger partial charge in [0, 0.05) is 36.2 Å². The highest BCUT2D eigenvalue weighted by atomic mass is 32.2. The number of sulfonamides is 1. The monoisotopic (exact) mass is 543 g/mol. The SMILES string of the molecule is CCN(CC)S(=O)(=O)c1ccc(N/N=C/c2ccc(N(c3ccccc3)c3ccccc3)cc2)c([N+](=O)[O-])c1. The van der Waals surface area contributed by atoms with Crippen molar-refractivity contribution in [2.45, 2.75) is 18.7 Å². The van der Waals surface area contributed by atoms with E-state index in [-0.39, 0.29) is 29.4 Å². The molecule has 4 aromatic rings. The first-order valence-corrected chi connectivity index (χ1v) is 13.9. The number of benzene rings is 4. The van der Waals surface area contributed by atoms with E-state index in [1.165, 1.54) is 16.4 Å². The number of nitrogens with zero attached hydrogens (tertiary/aromatic N) is 4. The zero-order valence-electron chi connectivity index (χ0n) is 21.6. The summed E-state index contributed by atoms with van der Waals surface area (Å²) in [7, 11) is -3.83. The van der Waals surface area contributed by atoms with Crippen LogP contribution in [-0.4, -0.2) is 37.0 Å². The van der Waals surface area contributed by atoms with E-state index in [9.17, 15) is 18.5 Å². The molecule has 0 radical (unpaired) electrons. The Kier molecular flexibility index (Phi) is 8.70. The molecule has 9 nitrogen and oxygen atoms in total. The lowest BCUT2D eigenvalue weighted by Crippen LogP contribution is -2.30. The quantitative estimate of drug-likeness (QED) is 0.131. The number of rotatable bonds is 11. The van der Waals surface area contributed by atoms with Crippen molar-refractivity contribution < 1.29 is 13.3 Å². The van der Waals surface area contributed by atoms with Gasteiger partial charge in [-0.05, 0) is 54.1 Å². The second kappa shape index (κ2) is 12.3. The Labute approximate surface area is 228 Å². The number of hydrogen-bond acceptors (Lipinski definition) is 7. The van der Waals surface area contributed by atoms with E-state index in [2.05, 4.69) is 15.4 Å². The van der Waals surface area contributed by atoms with Gasteiger partial charge in [-0.2, -0.15) is 9.41 Å². The maximum absolute atomic E-state index is 12.8. The molecule has 4 rings (SSSR count). The molecule has 39 heavy (non-hydrogen) atoms. The molecule has 0 unspecified atom stereocenters. The third kappa shape index (κ3) is 6.31. The van der Waals surface area contributed by atoms with E-state index in [1.807, 2.05) is 84.9 Å². The summed E-state index contributed by atoms with van der Waals surface area (Å²) in [6, 6.07) is 31.5. The summed E-state index contributed by atoms with van der Waals surface area (Å²) in [4.78, 5) is 13.0. The van der Waals surface area contributed by atoms with Crippen LogP contribution in [-0.2, 0) is 10.0 Å². The van der Waals surface area contributed by atoms with Crippen LogP contribution in [0.1, 0.15) is 19.4 Å². The van der Waals surface area contributed by atoms with Crippen molar-refractivity contribution in [3.8, 4) is 0 Å². The molecule has 0 spiro atoms. The van der Waals surface area contributed by atoms with Crippen LogP contribution in [0, 0.1) is 10.1 Å². The third-order valence-corrected chi connectivity index (χ3v) is 8.13. The largest absolute Gasteiger partial charge is 0.311 e. The molecule has 0 aliphatic rings. The van der Waals surface area contributed by atoms with Gasteiger partial charge in [-0.25, -0.2) is 8.42 Å². The first kappa shape index (κ1) is 27.5. The number of anilines is 4. The third-order valence-electron chi connectivity index (χ3n) is 6.09. The minimum atomic E-state index is -3.83. The lowest BCUT2D eigenvalue weighted by Gasteiger charge is -2.25. The fourth-order valence-electron chi connectivity index (χ4n) is 4.12. The van der Waals surface area contributed by atoms with Gasteiger partial charge >= 0.3 is 0 Å². The Morgan fingerprint density at radius 3 is 1.87 bits per heavy atom. The average molecular weight is 544 g/mol. The van der Waals surface area contributed by atoms with E-state index in [1.54, 1.807) is 20.1 Å². The lowest BCUT2D eigenvalue weighted by atomic mass is 10.1. The molecular weight excluding hydrogens is 514 g/mol. The summed E-state index contributed by atoms with van der Waals surface area (Å²) in [6.07, 6.45) is 1.55. The smallest absolute Gasteiger partial charge is 0.295 e. The number of nitro benzene ring substituents is 1. The van der Waals surface area contributed by atoms with Gasteiger partial charge in [-0.3, -0.25) is 15.5 Å². The Balaban J connectivity index is 1.55. The van der Waals surface area contributed by atoms with Crippen LogP contribution >= 0.6 is 0 Å². The van der Waals surface area contributed by atoms with Gasteiger partial charge < -0.3 is 4.90 Å². The van der Waals surface area contributed by atoms with Crippen LogP contribution in [0.3, 0.4) is 0 Å². The molecule has 0 aliphatic heterocycles. The minimum Gasteiger partial charge on any atom is -0.311 e. The maximum atomic E-state index is 12.8. The van der Waals surface area contributed by atoms with Crippen molar-refractivity contribution in [1.82, 2.24) is 4.31 Å². The Bertz CT molecular complexity index is 1500. The van der Waals surface area contributed by atoms with Crippen LogP contribution in [0.2, 0.25) is 0 Å². The van der Waals surface area contributed by atoms with Gasteiger partial charge in [0.25, 0.3) is 5.69 Å². The van der Waals surface area contributed by atoms with Gasteiger partial charge in [-0.1, -0.05) is 62.4 Å². The molecule has 0 aliphatic carbocycles.